The molecule has 0 bridgehead atoms. The van der Waals surface area contributed by atoms with E-state index in [1.54, 1.807) is 0 Å². The van der Waals surface area contributed by atoms with Crippen LogP contribution >= 0.6 is 0 Å². The van der Waals surface area contributed by atoms with Gasteiger partial charge in [0.25, 0.3) is 0 Å². The molecule has 0 aliphatic heterocycles. The maximum Gasteiger partial charge on any atom is 0.129 e. The molecule has 0 spiro atoms. The van der Waals surface area contributed by atoms with E-state index in [2.05, 4.69) is 44.1 Å². The van der Waals surface area contributed by atoms with Gasteiger partial charge in [-0.3, -0.25) is 0 Å². The van der Waals surface area contributed by atoms with Crippen LogP contribution in [0.25, 0.3) is 0 Å². The molecule has 0 aromatic rings. The smallest absolute Gasteiger partial charge is 0.127 e. The molecule has 0 N–H and O–H groups in total. The van der Waals surface area contributed by atoms with Crippen LogP contribution in [0.3, 0.4) is 0 Å². The van der Waals surface area contributed by atoms with Crippen molar-refractivity contribution >= 4 is 8.07 Å². The maximum absolute atomic E-state index is 3.28. The van der Waals surface area contributed by atoms with Crippen LogP contribution in [0.5, 0.6) is 0 Å². The Morgan fingerprint density at radius 1 is 1.27 bits per heavy atom. The summed E-state index contributed by atoms with van der Waals surface area (Å²) in [6, 6.07) is 0. The first-order valence-electron chi connectivity index (χ1n) is 4.24. The zero-order valence-corrected chi connectivity index (χ0v) is 9.07. The standard InChI is InChI=1S/C10H18Si/c1-5-6-7-8-9-10-11(2,3)4/h7-8H,5-6H2,1-4H3/b8-7-. The lowest BCUT2D eigenvalue weighted by Crippen LogP contribution is -2.16. The average molecular weight is 166 g/mol. The molecule has 0 amide bonds. The number of allylic oxidation sites excluding steroid dienone is 2. The lowest BCUT2D eigenvalue weighted by Gasteiger charge is -2.01. The largest absolute Gasteiger partial charge is 0.129 e. The van der Waals surface area contributed by atoms with Gasteiger partial charge in [-0.2, -0.15) is 0 Å². The topological polar surface area (TPSA) is 0 Å². The fraction of sp³-hybridized carbons (Fsp3) is 0.600. The van der Waals surface area contributed by atoms with Crippen LogP contribution in [0.1, 0.15) is 19.8 Å². The van der Waals surface area contributed by atoms with Crippen molar-refractivity contribution in [3.63, 3.8) is 0 Å². The second-order valence-corrected chi connectivity index (χ2v) is 8.46. The van der Waals surface area contributed by atoms with E-state index in [-0.39, 0.29) is 0 Å². The van der Waals surface area contributed by atoms with Crippen LogP contribution in [0.15, 0.2) is 12.2 Å². The lowest BCUT2D eigenvalue weighted by molar-refractivity contribution is 0.959. The van der Waals surface area contributed by atoms with E-state index in [0.29, 0.717) is 0 Å². The zero-order valence-electron chi connectivity index (χ0n) is 8.07. The molecule has 0 saturated heterocycles. The molecule has 1 heteroatoms. The van der Waals surface area contributed by atoms with E-state index in [1.807, 2.05) is 6.08 Å². The quantitative estimate of drug-likeness (QED) is 0.436. The van der Waals surface area contributed by atoms with Crippen LogP contribution in [-0.4, -0.2) is 8.07 Å². The molecule has 0 saturated carbocycles. The highest BCUT2D eigenvalue weighted by Crippen LogP contribution is 1.96. The van der Waals surface area contributed by atoms with E-state index in [0.717, 1.165) is 6.42 Å². The number of hydrogen-bond acceptors (Lipinski definition) is 0. The summed E-state index contributed by atoms with van der Waals surface area (Å²) in [4.78, 5) is 0. The molecule has 0 fully saturated rings. The van der Waals surface area contributed by atoms with Crippen molar-refractivity contribution in [2.24, 2.45) is 0 Å². The summed E-state index contributed by atoms with van der Waals surface area (Å²) in [6.07, 6.45) is 6.50. The SMILES string of the molecule is CCC/C=C\C#C[Si](C)(C)C. The van der Waals surface area contributed by atoms with Crippen molar-refractivity contribution in [1.82, 2.24) is 0 Å². The van der Waals surface area contributed by atoms with Gasteiger partial charge in [-0.15, -0.1) is 5.54 Å². The molecule has 0 unspecified atom stereocenters. The molecule has 0 aromatic carbocycles. The molecule has 11 heavy (non-hydrogen) atoms. The molecule has 0 rings (SSSR count). The molecule has 0 aliphatic rings. The van der Waals surface area contributed by atoms with Gasteiger partial charge in [-0.05, 0) is 12.5 Å². The van der Waals surface area contributed by atoms with Gasteiger partial charge in [0.1, 0.15) is 8.07 Å². The monoisotopic (exact) mass is 166 g/mol. The van der Waals surface area contributed by atoms with Gasteiger partial charge < -0.3 is 0 Å². The Morgan fingerprint density at radius 2 is 1.91 bits per heavy atom. The summed E-state index contributed by atoms with van der Waals surface area (Å²) in [7, 11) is -1.13. The molecule has 0 aliphatic carbocycles. The number of rotatable bonds is 2. The van der Waals surface area contributed by atoms with E-state index in [9.17, 15) is 0 Å². The minimum Gasteiger partial charge on any atom is -0.127 e. The predicted molar refractivity (Wildman–Crippen MR) is 55.2 cm³/mol. The van der Waals surface area contributed by atoms with Crippen molar-refractivity contribution in [2.75, 3.05) is 0 Å². The average Bonchev–Trinajstić information content (AvgIpc) is 1.85. The third-order valence-corrected chi connectivity index (χ3v) is 2.00. The lowest BCUT2D eigenvalue weighted by atomic mass is 10.3. The van der Waals surface area contributed by atoms with Crippen molar-refractivity contribution < 1.29 is 0 Å². The highest BCUT2D eigenvalue weighted by Gasteiger charge is 2.06. The summed E-state index contributed by atoms with van der Waals surface area (Å²) < 4.78 is 0. The Bertz CT molecular complexity index is 173. The Morgan fingerprint density at radius 3 is 2.36 bits per heavy atom. The van der Waals surface area contributed by atoms with Gasteiger partial charge in [0, 0.05) is 0 Å². The van der Waals surface area contributed by atoms with Gasteiger partial charge in [0.05, 0.1) is 0 Å². The van der Waals surface area contributed by atoms with E-state index < -0.39 is 8.07 Å². The third kappa shape index (κ3) is 9.52. The summed E-state index contributed by atoms with van der Waals surface area (Å²) >= 11 is 0. The van der Waals surface area contributed by atoms with Crippen LogP contribution < -0.4 is 0 Å². The van der Waals surface area contributed by atoms with E-state index in [4.69, 9.17) is 0 Å². The van der Waals surface area contributed by atoms with Crippen LogP contribution in [-0.2, 0) is 0 Å². The molecule has 62 valence electrons. The first kappa shape index (κ1) is 10.5. The van der Waals surface area contributed by atoms with Crippen LogP contribution in [0.2, 0.25) is 19.6 Å². The van der Waals surface area contributed by atoms with Crippen LogP contribution in [0, 0.1) is 11.5 Å². The highest BCUT2D eigenvalue weighted by molar-refractivity contribution is 6.83. The Hall–Kier alpha value is -0.483. The molecular weight excluding hydrogens is 148 g/mol. The Balaban J connectivity index is 3.72. The van der Waals surface area contributed by atoms with E-state index >= 15 is 0 Å². The molecule has 0 heterocycles. The maximum atomic E-state index is 3.28. The van der Waals surface area contributed by atoms with Crippen molar-refractivity contribution in [3.8, 4) is 11.5 Å². The highest BCUT2D eigenvalue weighted by atomic mass is 28.3. The molecule has 0 atom stereocenters. The minimum absolute atomic E-state index is 1.13. The summed E-state index contributed by atoms with van der Waals surface area (Å²) in [5.74, 6) is 3.09. The Labute approximate surface area is 71.7 Å². The van der Waals surface area contributed by atoms with Crippen molar-refractivity contribution in [3.05, 3.63) is 12.2 Å². The second kappa shape index (κ2) is 5.20. The first-order chi connectivity index (χ1) is 5.06. The third-order valence-electron chi connectivity index (χ3n) is 1.10. The molecule has 0 nitrogen and oxygen atoms in total. The molecule has 0 radical (unpaired) electrons. The van der Waals surface area contributed by atoms with Gasteiger partial charge in [0.2, 0.25) is 0 Å². The first-order valence-corrected chi connectivity index (χ1v) is 7.74. The predicted octanol–water partition coefficient (Wildman–Crippen LogP) is 3.22. The fourth-order valence-corrected chi connectivity index (χ4v) is 1.08. The Kier molecular flexibility index (Phi) is 4.98. The normalized spacial score (nSPS) is 11.3. The molecule has 0 aromatic heterocycles. The summed E-state index contributed by atoms with van der Waals surface area (Å²) in [6.45, 7) is 8.95. The van der Waals surface area contributed by atoms with Gasteiger partial charge >= 0.3 is 0 Å². The van der Waals surface area contributed by atoms with E-state index in [1.165, 1.54) is 6.42 Å². The number of unbranched alkanes of at least 4 members (excludes halogenated alkanes) is 1. The minimum atomic E-state index is -1.13. The van der Waals surface area contributed by atoms with Crippen molar-refractivity contribution in [1.29, 1.82) is 0 Å². The van der Waals surface area contributed by atoms with Gasteiger partial charge in [-0.25, -0.2) is 0 Å². The fourth-order valence-electron chi connectivity index (χ4n) is 0.567. The summed E-state index contributed by atoms with van der Waals surface area (Å²) in [5.41, 5.74) is 3.28. The van der Waals surface area contributed by atoms with Crippen LogP contribution in [0.4, 0.5) is 0 Å². The molecular formula is C10H18Si. The van der Waals surface area contributed by atoms with Crippen molar-refractivity contribution in [2.45, 2.75) is 39.4 Å². The number of hydrogen-bond donors (Lipinski definition) is 0. The zero-order chi connectivity index (χ0) is 8.74. The summed E-state index contributed by atoms with van der Waals surface area (Å²) in [5, 5.41) is 0. The second-order valence-electron chi connectivity index (χ2n) is 3.71. The van der Waals surface area contributed by atoms with Gasteiger partial charge in [-0.1, -0.05) is 45.0 Å². The van der Waals surface area contributed by atoms with Gasteiger partial charge in [0.15, 0.2) is 0 Å².